The summed E-state index contributed by atoms with van der Waals surface area (Å²) in [5, 5.41) is 3.45. The molecule has 5 heterocycles. The maximum Gasteiger partial charge on any atom is 0.256 e. The maximum atomic E-state index is 12.9. The van der Waals surface area contributed by atoms with Crippen LogP contribution in [0.5, 0.6) is 0 Å². The normalized spacial score (nSPS) is 17.6. The predicted octanol–water partition coefficient (Wildman–Crippen LogP) is 2.86. The molecule has 0 spiro atoms. The molecular weight excluding hydrogens is 382 g/mol. The van der Waals surface area contributed by atoms with E-state index in [4.69, 9.17) is 4.98 Å². The van der Waals surface area contributed by atoms with Gasteiger partial charge in [0.1, 0.15) is 5.82 Å². The Morgan fingerprint density at radius 2 is 1.97 bits per heavy atom. The van der Waals surface area contributed by atoms with Crippen LogP contribution in [0, 0.1) is 6.92 Å². The Labute approximate surface area is 174 Å². The topological polar surface area (TPSA) is 54.3 Å². The fourth-order valence-corrected chi connectivity index (χ4v) is 5.40. The zero-order valence-electron chi connectivity index (χ0n) is 16.9. The molecule has 2 aliphatic rings. The lowest BCUT2D eigenvalue weighted by atomic mass is 10.1. The average Bonchev–Trinajstić information content (AvgIpc) is 3.23. The average molecular weight is 410 g/mol. The minimum absolute atomic E-state index is 0.195. The number of nitrogens with zero attached hydrogens (tertiary/aromatic N) is 5. The number of pyridine rings is 1. The van der Waals surface area contributed by atoms with Gasteiger partial charge in [0.05, 0.1) is 16.6 Å². The van der Waals surface area contributed by atoms with Gasteiger partial charge in [-0.25, -0.2) is 4.98 Å². The van der Waals surface area contributed by atoms with E-state index in [1.165, 1.54) is 15.8 Å². The lowest BCUT2D eigenvalue weighted by molar-refractivity contribution is 0.260. The molecule has 7 heteroatoms. The Kier molecular flexibility index (Phi) is 5.09. The zero-order chi connectivity index (χ0) is 19.8. The summed E-state index contributed by atoms with van der Waals surface area (Å²) in [6.07, 6.45) is 7.90. The molecule has 1 fully saturated rings. The van der Waals surface area contributed by atoms with Crippen LogP contribution in [0.4, 0.5) is 5.69 Å². The number of hydrogen-bond donors (Lipinski definition) is 0. The molecule has 1 saturated heterocycles. The van der Waals surface area contributed by atoms with Gasteiger partial charge in [-0.3, -0.25) is 19.2 Å². The van der Waals surface area contributed by atoms with Gasteiger partial charge in [-0.15, -0.1) is 11.3 Å². The molecule has 0 unspecified atom stereocenters. The van der Waals surface area contributed by atoms with Gasteiger partial charge in [-0.05, 0) is 37.6 Å². The van der Waals surface area contributed by atoms with E-state index in [2.05, 4.69) is 26.2 Å². The van der Waals surface area contributed by atoms with Gasteiger partial charge in [0.2, 0.25) is 0 Å². The lowest BCUT2D eigenvalue weighted by Crippen LogP contribution is -2.47. The third-order valence-corrected chi connectivity index (χ3v) is 7.18. The van der Waals surface area contributed by atoms with Gasteiger partial charge in [-0.2, -0.15) is 0 Å². The molecule has 0 N–H and O–H groups in total. The third-order valence-electron chi connectivity index (χ3n) is 6.33. The maximum absolute atomic E-state index is 12.9. The first-order valence-corrected chi connectivity index (χ1v) is 11.5. The van der Waals surface area contributed by atoms with Crippen molar-refractivity contribution in [2.45, 2.75) is 39.2 Å². The van der Waals surface area contributed by atoms with E-state index in [0.717, 1.165) is 82.0 Å². The minimum atomic E-state index is 0.195. The standard InChI is InChI=1S/C22H27N5OS/c1-16-17(22(28)27-7-3-2-4-21(27)24-16)5-8-25-9-11-26(12-10-25)19-14-23-15-20-18(19)6-13-29-20/h6,13-15H,2-5,7-12H2,1H3. The molecule has 3 aromatic rings. The summed E-state index contributed by atoms with van der Waals surface area (Å²) in [5.74, 6) is 0.979. The van der Waals surface area contributed by atoms with Crippen LogP contribution < -0.4 is 10.5 Å². The zero-order valence-corrected chi connectivity index (χ0v) is 17.7. The molecule has 29 heavy (non-hydrogen) atoms. The smallest absolute Gasteiger partial charge is 0.256 e. The quantitative estimate of drug-likeness (QED) is 0.663. The predicted molar refractivity (Wildman–Crippen MR) is 118 cm³/mol. The highest BCUT2D eigenvalue weighted by molar-refractivity contribution is 7.17. The van der Waals surface area contributed by atoms with Gasteiger partial charge in [0.15, 0.2) is 0 Å². The Morgan fingerprint density at radius 3 is 2.83 bits per heavy atom. The van der Waals surface area contributed by atoms with E-state index in [0.29, 0.717) is 0 Å². The second-order valence-electron chi connectivity index (χ2n) is 8.08. The highest BCUT2D eigenvalue weighted by atomic mass is 32.1. The molecule has 0 radical (unpaired) electrons. The Morgan fingerprint density at radius 1 is 1.10 bits per heavy atom. The molecule has 0 bridgehead atoms. The van der Waals surface area contributed by atoms with Crippen LogP contribution in [0.1, 0.15) is 29.9 Å². The molecule has 0 saturated carbocycles. The fourth-order valence-electron chi connectivity index (χ4n) is 4.63. The highest BCUT2D eigenvalue weighted by Crippen LogP contribution is 2.30. The van der Waals surface area contributed by atoms with Crippen molar-refractivity contribution >= 4 is 27.1 Å². The van der Waals surface area contributed by atoms with E-state index in [1.54, 1.807) is 11.3 Å². The largest absolute Gasteiger partial charge is 0.367 e. The lowest BCUT2D eigenvalue weighted by Gasteiger charge is -2.36. The number of anilines is 1. The Balaban J connectivity index is 1.24. The summed E-state index contributed by atoms with van der Waals surface area (Å²) in [5.41, 5.74) is 3.28. The van der Waals surface area contributed by atoms with Crippen LogP contribution in [-0.4, -0.2) is 52.2 Å². The van der Waals surface area contributed by atoms with Gasteiger partial charge in [-0.1, -0.05) is 0 Å². The molecule has 0 aliphatic carbocycles. The molecule has 3 aromatic heterocycles. The van der Waals surface area contributed by atoms with E-state index in [-0.39, 0.29) is 5.56 Å². The first-order chi connectivity index (χ1) is 14.2. The molecule has 0 aromatic carbocycles. The molecule has 2 aliphatic heterocycles. The second kappa shape index (κ2) is 7.88. The van der Waals surface area contributed by atoms with E-state index in [9.17, 15) is 4.79 Å². The monoisotopic (exact) mass is 409 g/mol. The van der Waals surface area contributed by atoms with Gasteiger partial charge in [0, 0.05) is 68.5 Å². The third kappa shape index (κ3) is 3.57. The summed E-state index contributed by atoms with van der Waals surface area (Å²) in [6, 6.07) is 2.20. The molecule has 5 rings (SSSR count). The number of fused-ring (bicyclic) bond motifs is 2. The number of hydrogen-bond acceptors (Lipinski definition) is 6. The van der Waals surface area contributed by atoms with Crippen LogP contribution in [0.25, 0.3) is 10.1 Å². The number of thiophene rings is 1. The van der Waals surface area contributed by atoms with Crippen molar-refractivity contribution in [1.29, 1.82) is 0 Å². The molecule has 6 nitrogen and oxygen atoms in total. The second-order valence-corrected chi connectivity index (χ2v) is 9.02. The van der Waals surface area contributed by atoms with Crippen LogP contribution in [0.3, 0.4) is 0 Å². The molecule has 0 atom stereocenters. The van der Waals surface area contributed by atoms with Gasteiger partial charge in [0.25, 0.3) is 5.56 Å². The van der Waals surface area contributed by atoms with Crippen LogP contribution >= 0.6 is 11.3 Å². The van der Waals surface area contributed by atoms with Crippen LogP contribution in [-0.2, 0) is 19.4 Å². The summed E-state index contributed by atoms with van der Waals surface area (Å²) in [4.78, 5) is 27.0. The van der Waals surface area contributed by atoms with Crippen molar-refractivity contribution in [2.24, 2.45) is 0 Å². The molecule has 152 valence electrons. The van der Waals surface area contributed by atoms with Gasteiger partial charge < -0.3 is 4.90 Å². The number of piperazine rings is 1. The van der Waals surface area contributed by atoms with Gasteiger partial charge >= 0.3 is 0 Å². The number of aromatic nitrogens is 3. The summed E-state index contributed by atoms with van der Waals surface area (Å²) < 4.78 is 3.17. The van der Waals surface area contributed by atoms with E-state index in [1.807, 2.05) is 23.9 Å². The number of rotatable bonds is 4. The first kappa shape index (κ1) is 18.8. The highest BCUT2D eigenvalue weighted by Gasteiger charge is 2.21. The molecular formula is C22H27N5OS. The molecule has 0 amide bonds. The van der Waals surface area contributed by atoms with E-state index >= 15 is 0 Å². The SMILES string of the molecule is Cc1nc2n(c(=O)c1CCN1CCN(c3cncc4sccc34)CC1)CCCC2. The van der Waals surface area contributed by atoms with Crippen molar-refractivity contribution in [2.75, 3.05) is 37.6 Å². The summed E-state index contributed by atoms with van der Waals surface area (Å²) >= 11 is 1.75. The first-order valence-electron chi connectivity index (χ1n) is 10.6. The van der Waals surface area contributed by atoms with E-state index < -0.39 is 0 Å². The van der Waals surface area contributed by atoms with Crippen molar-refractivity contribution in [1.82, 2.24) is 19.4 Å². The Bertz CT molecular complexity index is 1080. The van der Waals surface area contributed by atoms with Crippen molar-refractivity contribution in [3.63, 3.8) is 0 Å². The van der Waals surface area contributed by atoms with Crippen molar-refractivity contribution in [3.8, 4) is 0 Å². The van der Waals surface area contributed by atoms with Crippen molar-refractivity contribution < 1.29 is 0 Å². The summed E-state index contributed by atoms with van der Waals surface area (Å²) in [7, 11) is 0. The number of aryl methyl sites for hydroxylation is 2. The summed E-state index contributed by atoms with van der Waals surface area (Å²) in [6.45, 7) is 7.77. The van der Waals surface area contributed by atoms with Crippen molar-refractivity contribution in [3.05, 3.63) is 51.3 Å². The fraction of sp³-hybridized carbons (Fsp3) is 0.500. The van der Waals surface area contributed by atoms with Crippen LogP contribution in [0.15, 0.2) is 28.6 Å². The minimum Gasteiger partial charge on any atom is -0.367 e. The Hall–Kier alpha value is -2.25. The van der Waals surface area contributed by atoms with Crippen LogP contribution in [0.2, 0.25) is 0 Å².